The van der Waals surface area contributed by atoms with Gasteiger partial charge in [-0.3, -0.25) is 4.90 Å². The lowest BCUT2D eigenvalue weighted by Crippen LogP contribution is -2.49. The summed E-state index contributed by atoms with van der Waals surface area (Å²) in [7, 11) is -3.66. The Morgan fingerprint density at radius 2 is 1.92 bits per heavy atom. The van der Waals surface area contributed by atoms with E-state index in [4.69, 9.17) is 11.6 Å². The topological polar surface area (TPSA) is 73.8 Å². The smallest absolute Gasteiger partial charge is 0.264 e. The van der Waals surface area contributed by atoms with Gasteiger partial charge in [-0.1, -0.05) is 45.7 Å². The predicted octanol–water partition coefficient (Wildman–Crippen LogP) is 2.76. The van der Waals surface area contributed by atoms with Crippen LogP contribution in [0.1, 0.15) is 5.56 Å². The molecule has 2 aromatic carbocycles. The second-order valence-electron chi connectivity index (χ2n) is 5.46. The zero-order valence-electron chi connectivity index (χ0n) is 13.1. The zero-order chi connectivity index (χ0) is 17.9. The molecule has 25 heavy (non-hydrogen) atoms. The molecular weight excluding hydrogens is 428 g/mol. The molecule has 9 heteroatoms. The Balaban J connectivity index is 1.63. The lowest BCUT2D eigenvalue weighted by atomic mass is 10.2. The van der Waals surface area contributed by atoms with E-state index in [0.29, 0.717) is 24.9 Å². The van der Waals surface area contributed by atoms with Crippen LogP contribution in [0.3, 0.4) is 0 Å². The molecule has 0 aliphatic carbocycles. The molecule has 1 heterocycles. The fourth-order valence-electron chi connectivity index (χ4n) is 2.31. The van der Waals surface area contributed by atoms with E-state index in [1.54, 1.807) is 12.1 Å². The third kappa shape index (κ3) is 4.72. The predicted molar refractivity (Wildman–Crippen MR) is 102 cm³/mol. The van der Waals surface area contributed by atoms with Crippen molar-refractivity contribution in [1.29, 1.82) is 0 Å². The van der Waals surface area contributed by atoms with Crippen molar-refractivity contribution in [3.8, 4) is 0 Å². The molecule has 3 rings (SSSR count). The minimum absolute atomic E-state index is 0.179. The maximum absolute atomic E-state index is 12.4. The van der Waals surface area contributed by atoms with Crippen molar-refractivity contribution in [1.82, 2.24) is 14.9 Å². The Labute approximate surface area is 160 Å². The Morgan fingerprint density at radius 3 is 2.56 bits per heavy atom. The number of hydrogen-bond donors (Lipinski definition) is 2. The Kier molecular flexibility index (Phi) is 5.63. The van der Waals surface area contributed by atoms with Gasteiger partial charge in [-0.15, -0.1) is 0 Å². The minimum atomic E-state index is -3.66. The van der Waals surface area contributed by atoms with E-state index < -0.39 is 10.0 Å². The first-order chi connectivity index (χ1) is 11.9. The van der Waals surface area contributed by atoms with Crippen molar-refractivity contribution in [2.24, 2.45) is 4.99 Å². The quantitative estimate of drug-likeness (QED) is 0.762. The van der Waals surface area contributed by atoms with Crippen LogP contribution in [-0.4, -0.2) is 32.6 Å². The number of nitrogens with zero attached hydrogens (tertiary/aromatic N) is 2. The average molecular weight is 444 g/mol. The summed E-state index contributed by atoms with van der Waals surface area (Å²) in [6.45, 7) is 1.46. The van der Waals surface area contributed by atoms with Crippen LogP contribution in [0.25, 0.3) is 0 Å². The Morgan fingerprint density at radius 1 is 1.20 bits per heavy atom. The van der Waals surface area contributed by atoms with Gasteiger partial charge in [0.2, 0.25) is 5.96 Å². The maximum atomic E-state index is 12.4. The molecule has 0 unspecified atom stereocenters. The van der Waals surface area contributed by atoms with Crippen LogP contribution < -0.4 is 10.0 Å². The van der Waals surface area contributed by atoms with Gasteiger partial charge in [-0.05, 0) is 35.9 Å². The molecule has 1 aliphatic rings. The normalized spacial score (nSPS) is 15.4. The number of benzene rings is 2. The fraction of sp³-hybridized carbons (Fsp3) is 0.188. The van der Waals surface area contributed by atoms with Gasteiger partial charge in [0.1, 0.15) is 0 Å². The molecule has 0 aromatic heterocycles. The standard InChI is InChI=1S/C16H16BrClN4O2S/c17-13-5-7-14(8-6-13)25(23,24)21-16-19-10-22(11-20-16)9-12-3-1-2-4-15(12)18/h1-8H,9-11H2,(H2,19,20,21). The van der Waals surface area contributed by atoms with Crippen LogP contribution >= 0.6 is 27.5 Å². The van der Waals surface area contributed by atoms with Gasteiger partial charge >= 0.3 is 0 Å². The lowest BCUT2D eigenvalue weighted by molar-refractivity contribution is 0.255. The van der Waals surface area contributed by atoms with Gasteiger partial charge in [0.05, 0.1) is 18.2 Å². The summed E-state index contributed by atoms with van der Waals surface area (Å²) >= 11 is 9.44. The first-order valence-corrected chi connectivity index (χ1v) is 10.1. The molecule has 0 saturated heterocycles. The summed E-state index contributed by atoms with van der Waals surface area (Å²) < 4.78 is 28.0. The molecule has 0 saturated carbocycles. The SMILES string of the molecule is O=S(=O)(NC1=NCN(Cc2ccccc2Cl)CN1)c1ccc(Br)cc1. The molecule has 0 fully saturated rings. The van der Waals surface area contributed by atoms with Gasteiger partial charge in [0.15, 0.2) is 0 Å². The van der Waals surface area contributed by atoms with Crippen molar-refractivity contribution >= 4 is 43.5 Å². The van der Waals surface area contributed by atoms with E-state index in [1.165, 1.54) is 12.1 Å². The number of hydrogen-bond acceptors (Lipinski definition) is 5. The molecule has 2 N–H and O–H groups in total. The number of rotatable bonds is 4. The highest BCUT2D eigenvalue weighted by Crippen LogP contribution is 2.17. The number of nitrogens with one attached hydrogen (secondary N) is 2. The molecular formula is C16H16BrClN4O2S. The molecule has 0 bridgehead atoms. The summed E-state index contributed by atoms with van der Waals surface area (Å²) in [6.07, 6.45) is 0. The summed E-state index contributed by atoms with van der Waals surface area (Å²) in [6, 6.07) is 14.0. The highest BCUT2D eigenvalue weighted by molar-refractivity contribution is 9.10. The molecule has 2 aromatic rings. The van der Waals surface area contributed by atoms with Crippen molar-refractivity contribution < 1.29 is 8.42 Å². The highest BCUT2D eigenvalue weighted by Gasteiger charge is 2.19. The zero-order valence-corrected chi connectivity index (χ0v) is 16.3. The van der Waals surface area contributed by atoms with Gasteiger partial charge in [-0.25, -0.2) is 18.1 Å². The Hall–Kier alpha value is -1.61. The molecule has 0 atom stereocenters. The number of guanidine groups is 1. The van der Waals surface area contributed by atoms with E-state index in [-0.39, 0.29) is 10.9 Å². The minimum Gasteiger partial charge on any atom is -0.343 e. The van der Waals surface area contributed by atoms with Gasteiger partial charge in [0.25, 0.3) is 10.0 Å². The first kappa shape index (κ1) is 18.2. The van der Waals surface area contributed by atoms with E-state index >= 15 is 0 Å². The van der Waals surface area contributed by atoms with E-state index in [2.05, 4.69) is 31.0 Å². The van der Waals surface area contributed by atoms with Gasteiger partial charge in [-0.2, -0.15) is 0 Å². The number of sulfonamides is 1. The molecule has 6 nitrogen and oxygen atoms in total. The second-order valence-corrected chi connectivity index (χ2v) is 8.47. The van der Waals surface area contributed by atoms with Crippen molar-refractivity contribution in [3.63, 3.8) is 0 Å². The van der Waals surface area contributed by atoms with Crippen molar-refractivity contribution in [3.05, 3.63) is 63.6 Å². The van der Waals surface area contributed by atoms with Crippen LogP contribution in [-0.2, 0) is 16.6 Å². The van der Waals surface area contributed by atoms with E-state index in [9.17, 15) is 8.42 Å². The van der Waals surface area contributed by atoms with Crippen LogP contribution in [0.5, 0.6) is 0 Å². The molecule has 132 valence electrons. The highest BCUT2D eigenvalue weighted by atomic mass is 79.9. The number of halogens is 2. The Bertz CT molecular complexity index is 887. The second kappa shape index (κ2) is 7.74. The molecule has 0 spiro atoms. The summed E-state index contributed by atoms with van der Waals surface area (Å²) in [5, 5.41) is 3.68. The van der Waals surface area contributed by atoms with Crippen LogP contribution in [0.4, 0.5) is 0 Å². The van der Waals surface area contributed by atoms with E-state index in [1.807, 2.05) is 29.2 Å². The fourth-order valence-corrected chi connectivity index (χ4v) is 3.77. The summed E-state index contributed by atoms with van der Waals surface area (Å²) in [4.78, 5) is 6.45. The third-order valence-corrected chi connectivity index (χ3v) is 5.86. The molecule has 0 amide bonds. The lowest BCUT2D eigenvalue weighted by Gasteiger charge is -2.27. The maximum Gasteiger partial charge on any atom is 0.264 e. The van der Waals surface area contributed by atoms with Crippen LogP contribution in [0, 0.1) is 0 Å². The summed E-state index contributed by atoms with van der Waals surface area (Å²) in [5.41, 5.74) is 1.00. The summed E-state index contributed by atoms with van der Waals surface area (Å²) in [5.74, 6) is 0.235. The van der Waals surface area contributed by atoms with Crippen LogP contribution in [0.2, 0.25) is 5.02 Å². The van der Waals surface area contributed by atoms with Crippen molar-refractivity contribution in [2.75, 3.05) is 13.3 Å². The van der Waals surface area contributed by atoms with Crippen molar-refractivity contribution in [2.45, 2.75) is 11.4 Å². The monoisotopic (exact) mass is 442 g/mol. The number of aliphatic imine (C=N–C) groups is 1. The molecule has 0 radical (unpaired) electrons. The average Bonchev–Trinajstić information content (AvgIpc) is 2.59. The van der Waals surface area contributed by atoms with Crippen LogP contribution in [0.15, 0.2) is 62.9 Å². The third-order valence-electron chi connectivity index (χ3n) is 3.61. The first-order valence-electron chi connectivity index (χ1n) is 7.46. The van der Waals surface area contributed by atoms with Gasteiger partial charge in [0, 0.05) is 16.0 Å². The largest absolute Gasteiger partial charge is 0.343 e. The van der Waals surface area contributed by atoms with E-state index in [0.717, 1.165) is 10.0 Å². The van der Waals surface area contributed by atoms with Gasteiger partial charge < -0.3 is 5.32 Å². The molecule has 1 aliphatic heterocycles.